The summed E-state index contributed by atoms with van der Waals surface area (Å²) in [5.74, 6) is -0.713. The Labute approximate surface area is 384 Å². The van der Waals surface area contributed by atoms with Gasteiger partial charge in [0.25, 0.3) is 30.4 Å². The molecule has 0 amide bonds. The summed E-state index contributed by atoms with van der Waals surface area (Å²) in [6.45, 7) is 0. The Bertz CT molecular complexity index is 3410. The monoisotopic (exact) mass is 996 g/mol. The van der Waals surface area contributed by atoms with E-state index in [1.807, 2.05) is 0 Å². The summed E-state index contributed by atoms with van der Waals surface area (Å²) in [6.07, 6.45) is 0. The van der Waals surface area contributed by atoms with Crippen molar-refractivity contribution in [2.24, 2.45) is 0 Å². The number of hydrogen-bond acceptors (Lipinski definition) is 17. The van der Waals surface area contributed by atoms with Gasteiger partial charge in [0, 0.05) is 54.8 Å². The average Bonchev–Trinajstić information content (AvgIpc) is 3.88. The van der Waals surface area contributed by atoms with Gasteiger partial charge in [-0.3, -0.25) is 13.7 Å². The summed E-state index contributed by atoms with van der Waals surface area (Å²) < 4.78 is 139. The number of fused-ring (bicyclic) bond motifs is 20. The van der Waals surface area contributed by atoms with E-state index in [0.717, 1.165) is 48.5 Å². The molecule has 8 bridgehead atoms. The summed E-state index contributed by atoms with van der Waals surface area (Å²) >= 11 is 0. The van der Waals surface area contributed by atoms with Crippen molar-refractivity contribution in [3.63, 3.8) is 0 Å². The smallest absolute Gasteiger partial charge is 0.744 e. The van der Waals surface area contributed by atoms with E-state index >= 15 is 0 Å². The van der Waals surface area contributed by atoms with Gasteiger partial charge >= 0.3 is 46.6 Å². The fourth-order valence-corrected chi connectivity index (χ4v) is 8.23. The molecule has 0 atom stereocenters. The molecule has 9 rings (SSSR count). The Morgan fingerprint density at radius 2 is 0.698 bits per heavy atom. The summed E-state index contributed by atoms with van der Waals surface area (Å²) in [6, 6.07) is 13.5. The van der Waals surface area contributed by atoms with E-state index < -0.39 is 60.1 Å². The molecule has 0 unspecified atom stereocenters. The molecule has 0 saturated heterocycles. The molecule has 0 saturated carbocycles. The minimum absolute atomic E-state index is 0. The molecule has 31 heteroatoms. The van der Waals surface area contributed by atoms with E-state index in [0.29, 0.717) is 0 Å². The van der Waals surface area contributed by atoms with E-state index in [2.05, 4.69) is 39.9 Å². The Balaban J connectivity index is 0.00000149. The van der Waals surface area contributed by atoms with E-state index in [-0.39, 0.29) is 153 Å². The quantitative estimate of drug-likeness (QED) is 0.120. The zero-order valence-corrected chi connectivity index (χ0v) is 37.2. The van der Waals surface area contributed by atoms with Gasteiger partial charge < -0.3 is 50.9 Å². The predicted molar refractivity (Wildman–Crippen MR) is 209 cm³/mol. The van der Waals surface area contributed by atoms with Crippen molar-refractivity contribution in [3.05, 3.63) is 82.7 Å². The summed E-state index contributed by atoms with van der Waals surface area (Å²) in [5.41, 5.74) is -0.360. The first-order valence-corrected chi connectivity index (χ1v) is 21.3. The van der Waals surface area contributed by atoms with Crippen molar-refractivity contribution in [3.8, 4) is 45.6 Å². The second-order valence-corrected chi connectivity index (χ2v) is 17.8. The van der Waals surface area contributed by atoms with Crippen LogP contribution < -0.4 is 39.5 Å². The Kier molecular flexibility index (Phi) is 15.1. The van der Waals surface area contributed by atoms with Crippen LogP contribution in [0.3, 0.4) is 0 Å². The fraction of sp³-hybridized carbons (Fsp3) is 0. The van der Waals surface area contributed by atoms with Gasteiger partial charge in [0.05, 0.1) is 42.9 Å². The molecule has 5 heterocycles. The van der Waals surface area contributed by atoms with Crippen LogP contribution in [0.4, 0.5) is 0 Å². The van der Waals surface area contributed by atoms with Crippen molar-refractivity contribution in [2.75, 3.05) is 0 Å². The normalized spacial score (nSPS) is 11.8. The molecule has 0 fully saturated rings. The Morgan fingerprint density at radius 3 is 1.05 bits per heavy atom. The van der Waals surface area contributed by atoms with Crippen LogP contribution in [0.15, 0.2) is 92.4 Å². The molecule has 0 aliphatic carbocycles. The largest absolute Gasteiger partial charge is 2.00 e. The minimum Gasteiger partial charge on any atom is -0.744 e. The first-order valence-electron chi connectivity index (χ1n) is 15.6. The number of aromatic nitrogens is 8. The third-order valence-corrected chi connectivity index (χ3v) is 12.1. The minimum atomic E-state index is -5.00. The van der Waals surface area contributed by atoms with Gasteiger partial charge in [-0.2, -0.15) is 25.3 Å². The van der Waals surface area contributed by atoms with Gasteiger partial charge in [-0.25, -0.2) is 18.4 Å². The maximum Gasteiger partial charge on any atom is 2.00 e. The second-order valence-electron chi connectivity index (χ2n) is 12.2. The van der Waals surface area contributed by atoms with Crippen molar-refractivity contribution in [1.82, 2.24) is 39.9 Å². The van der Waals surface area contributed by atoms with Crippen LogP contribution >= 0.6 is 0 Å². The third kappa shape index (κ3) is 9.42. The van der Waals surface area contributed by atoms with Gasteiger partial charge in [0.1, 0.15) is 10.1 Å². The number of benzene rings is 4. The molecule has 2 aliphatic rings. The van der Waals surface area contributed by atoms with Crippen molar-refractivity contribution >= 4 is 84.6 Å². The van der Waals surface area contributed by atoms with Gasteiger partial charge in [-0.15, -0.1) is 0 Å². The zero-order valence-electron chi connectivity index (χ0n) is 30.8. The summed E-state index contributed by atoms with van der Waals surface area (Å²) in [5, 5.41) is 0.329. The Hall–Kier alpha value is -5.12. The fourth-order valence-electron chi connectivity index (χ4n) is 6.22. The van der Waals surface area contributed by atoms with Crippen molar-refractivity contribution < 1.29 is 115 Å². The molecular weight excluding hydrogens is 975 g/mol. The molecule has 63 heavy (non-hydrogen) atoms. The predicted octanol–water partition coefficient (Wildman–Crippen LogP) is -2.63. The van der Waals surface area contributed by atoms with Crippen LogP contribution in [-0.4, -0.2) is 98.2 Å². The zero-order chi connectivity index (χ0) is 41.7. The summed E-state index contributed by atoms with van der Waals surface area (Å²) in [7, 11) is -19.3. The van der Waals surface area contributed by atoms with Crippen molar-refractivity contribution in [2.45, 2.75) is 19.6 Å². The Morgan fingerprint density at radius 1 is 0.413 bits per heavy atom. The maximum atomic E-state index is 12.2. The van der Waals surface area contributed by atoms with Crippen molar-refractivity contribution in [1.29, 1.82) is 0 Å². The van der Waals surface area contributed by atoms with E-state index in [9.17, 15) is 51.9 Å². The van der Waals surface area contributed by atoms with Crippen LogP contribution in [0.5, 0.6) is 0 Å². The third-order valence-electron chi connectivity index (χ3n) is 8.77. The first-order chi connectivity index (χ1) is 27.2. The number of rotatable bonds is 4. The van der Waals surface area contributed by atoms with Crippen LogP contribution in [0, 0.1) is 9.93 Å². The van der Waals surface area contributed by atoms with Gasteiger partial charge in [0.2, 0.25) is 0 Å². The van der Waals surface area contributed by atoms with E-state index in [4.69, 9.17) is 9.93 Å². The van der Waals surface area contributed by atoms with Crippen LogP contribution in [-0.2, 0) is 57.5 Å². The molecule has 25 nitrogen and oxygen atoms in total. The standard InChI is InChI=1S/C32H16N8O12S4.Fe.Na.O2.3H2O/c41-53(42,43)13-1-5-17-21(9-13)29-33-25(17)37-30-22-10-14(54(44,45)46)2-6-18(22)27(34-30)39-32-24-12-16(56(50,51)52)4-8-20(24)28(36-32)40-31-23-11-15(55(47,48)49)3-7-19(23)26(35-31)38-29;;;1-2;;;/h1-12H,(H4-2,33,34,35,36,37,38,39,40,41,42,43,44,45,46,47,48,49,50,51,52);;;;3*1H2/q-2;+2;+1;;;;/p-1. The molecule has 2 aliphatic heterocycles. The van der Waals surface area contributed by atoms with Crippen LogP contribution in [0.2, 0.25) is 0 Å². The average molecular weight is 997 g/mol. The molecule has 324 valence electrons. The van der Waals surface area contributed by atoms with Crippen LogP contribution in [0.1, 0.15) is 0 Å². The molecule has 7 aromatic rings. The maximum absolute atomic E-state index is 12.2. The molecule has 4 aromatic carbocycles. The first kappa shape index (κ1) is 52.2. The molecule has 0 radical (unpaired) electrons. The van der Waals surface area contributed by atoms with Crippen LogP contribution in [0.25, 0.3) is 89.7 Å². The SMILES string of the molecule is O.O.O.O=O.O=S(=O)([O-])c1ccc2c3nc4nc(nc5[n-]c(nc6nc(nc([n-]3)c2c1)-c1ccc(S(=O)(=O)O)cc1-6)c1ccc(S(=O)(=O)O)cc51)-c1ccc(S(=O)(=O)O)cc1-4.[Fe+2].[Na+]. The van der Waals surface area contributed by atoms with E-state index in [1.54, 1.807) is 0 Å². The number of nitrogens with zero attached hydrogens (tertiary/aromatic N) is 8. The van der Waals surface area contributed by atoms with E-state index in [1.165, 1.54) is 24.3 Å². The molecule has 3 aromatic heterocycles. The van der Waals surface area contributed by atoms with Gasteiger partial charge in [-0.05, 0) is 70.1 Å². The summed E-state index contributed by atoms with van der Waals surface area (Å²) in [4.78, 5) is 47.8. The molecule has 9 N–H and O–H groups in total. The van der Waals surface area contributed by atoms with Gasteiger partial charge in [0.15, 0.2) is 0 Å². The second kappa shape index (κ2) is 18.2. The van der Waals surface area contributed by atoms with Gasteiger partial charge in [-0.1, -0.05) is 24.3 Å². The molecular formula is C32H21FeN8NaO17S4. The topological polar surface area (TPSA) is 454 Å². The molecule has 0 spiro atoms. The number of hydrogen-bond donors (Lipinski definition) is 3.